The Bertz CT molecular complexity index is 354. The lowest BCUT2D eigenvalue weighted by molar-refractivity contribution is -0.0694. The molecule has 1 aliphatic heterocycles. The van der Waals surface area contributed by atoms with Gasteiger partial charge < -0.3 is 9.47 Å². The number of unbranched alkanes of at least 4 members (excludes halogenated alkanes) is 1. The minimum absolute atomic E-state index is 0.633. The minimum Gasteiger partial charge on any atom is -0.493 e. The topological polar surface area (TPSA) is 18.5 Å². The van der Waals surface area contributed by atoms with Gasteiger partial charge in [0.25, 0.3) is 0 Å². The minimum atomic E-state index is 0.633. The van der Waals surface area contributed by atoms with E-state index in [1.54, 1.807) is 0 Å². The van der Waals surface area contributed by atoms with Crippen LogP contribution in [0.15, 0.2) is 24.3 Å². The van der Waals surface area contributed by atoms with E-state index in [9.17, 15) is 0 Å². The first-order valence-corrected chi connectivity index (χ1v) is 7.63. The molecule has 0 amide bonds. The molecule has 106 valence electrons. The maximum atomic E-state index is 5.92. The number of hydrogen-bond acceptors (Lipinski definition) is 2. The largest absolute Gasteiger partial charge is 0.493 e. The second-order valence-electron chi connectivity index (χ2n) is 5.52. The first kappa shape index (κ1) is 14.4. The Morgan fingerprint density at radius 2 is 1.95 bits per heavy atom. The van der Waals surface area contributed by atoms with Crippen LogP contribution in [-0.2, 0) is 11.2 Å². The van der Waals surface area contributed by atoms with E-state index in [1.165, 1.54) is 31.2 Å². The summed E-state index contributed by atoms with van der Waals surface area (Å²) in [6, 6.07) is 8.60. The van der Waals surface area contributed by atoms with Gasteiger partial charge in [-0.05, 0) is 42.9 Å². The summed E-state index contributed by atoms with van der Waals surface area (Å²) in [6.07, 6.45) is 4.86. The SMILES string of the molecule is CCCCc1ccc(OCC(CC)C2COC2)cc1. The second kappa shape index (κ2) is 7.54. The van der Waals surface area contributed by atoms with Crippen molar-refractivity contribution in [3.05, 3.63) is 29.8 Å². The first-order valence-electron chi connectivity index (χ1n) is 7.63. The summed E-state index contributed by atoms with van der Waals surface area (Å²) < 4.78 is 11.2. The molecule has 0 radical (unpaired) electrons. The normalized spacial score (nSPS) is 16.9. The van der Waals surface area contributed by atoms with Gasteiger partial charge in [-0.25, -0.2) is 0 Å². The van der Waals surface area contributed by atoms with Crippen LogP contribution in [0.3, 0.4) is 0 Å². The van der Waals surface area contributed by atoms with Crippen LogP contribution < -0.4 is 4.74 Å². The standard InChI is InChI=1S/C17H26O2/c1-3-5-6-14-7-9-17(10-8-14)19-13-15(4-2)16-11-18-12-16/h7-10,15-16H,3-6,11-13H2,1-2H3. The van der Waals surface area contributed by atoms with Crippen LogP contribution in [-0.4, -0.2) is 19.8 Å². The van der Waals surface area contributed by atoms with Crippen molar-refractivity contribution in [2.75, 3.05) is 19.8 Å². The Morgan fingerprint density at radius 1 is 1.21 bits per heavy atom. The van der Waals surface area contributed by atoms with E-state index in [0.717, 1.165) is 25.6 Å². The lowest BCUT2D eigenvalue weighted by Gasteiger charge is -2.33. The molecule has 1 fully saturated rings. The number of aryl methyl sites for hydroxylation is 1. The third-order valence-electron chi connectivity index (χ3n) is 4.06. The zero-order valence-corrected chi connectivity index (χ0v) is 12.2. The molecule has 0 spiro atoms. The Balaban J connectivity index is 1.78. The highest BCUT2D eigenvalue weighted by atomic mass is 16.5. The Morgan fingerprint density at radius 3 is 2.47 bits per heavy atom. The quantitative estimate of drug-likeness (QED) is 0.703. The predicted octanol–water partition coefficient (Wildman–Crippen LogP) is 4.08. The lowest BCUT2D eigenvalue weighted by atomic mass is 9.89. The average molecular weight is 262 g/mol. The molecule has 1 aliphatic rings. The Kier molecular flexibility index (Phi) is 5.71. The van der Waals surface area contributed by atoms with Gasteiger partial charge in [-0.2, -0.15) is 0 Å². The van der Waals surface area contributed by atoms with E-state index >= 15 is 0 Å². The van der Waals surface area contributed by atoms with Gasteiger partial charge in [-0.15, -0.1) is 0 Å². The highest BCUT2D eigenvalue weighted by Crippen LogP contribution is 2.25. The summed E-state index contributed by atoms with van der Waals surface area (Å²) in [6.45, 7) is 7.11. The van der Waals surface area contributed by atoms with Gasteiger partial charge in [0.1, 0.15) is 5.75 Å². The summed E-state index contributed by atoms with van der Waals surface area (Å²) in [7, 11) is 0. The molecule has 19 heavy (non-hydrogen) atoms. The highest BCUT2D eigenvalue weighted by Gasteiger charge is 2.27. The predicted molar refractivity (Wildman–Crippen MR) is 78.6 cm³/mol. The van der Waals surface area contributed by atoms with Crippen LogP contribution >= 0.6 is 0 Å². The number of hydrogen-bond donors (Lipinski definition) is 0. The molecular weight excluding hydrogens is 236 g/mol. The molecular formula is C17H26O2. The molecule has 1 aromatic carbocycles. The van der Waals surface area contributed by atoms with Gasteiger partial charge in [0.15, 0.2) is 0 Å². The van der Waals surface area contributed by atoms with Crippen LogP contribution in [0.4, 0.5) is 0 Å². The molecule has 0 bridgehead atoms. The zero-order valence-electron chi connectivity index (χ0n) is 12.2. The summed E-state index contributed by atoms with van der Waals surface area (Å²) in [4.78, 5) is 0. The molecule has 1 heterocycles. The summed E-state index contributed by atoms with van der Waals surface area (Å²) in [5.41, 5.74) is 1.41. The molecule has 2 nitrogen and oxygen atoms in total. The number of benzene rings is 1. The van der Waals surface area contributed by atoms with Crippen molar-refractivity contribution in [3.8, 4) is 5.75 Å². The zero-order chi connectivity index (χ0) is 13.5. The Hall–Kier alpha value is -1.02. The van der Waals surface area contributed by atoms with Crippen LogP contribution in [0.5, 0.6) is 5.75 Å². The lowest BCUT2D eigenvalue weighted by Crippen LogP contribution is -2.36. The maximum absolute atomic E-state index is 5.92. The van der Waals surface area contributed by atoms with E-state index in [0.29, 0.717) is 11.8 Å². The van der Waals surface area contributed by atoms with Crippen LogP contribution in [0.2, 0.25) is 0 Å². The third kappa shape index (κ3) is 4.24. The fraction of sp³-hybridized carbons (Fsp3) is 0.647. The van der Waals surface area contributed by atoms with Crippen molar-refractivity contribution in [1.82, 2.24) is 0 Å². The molecule has 1 unspecified atom stereocenters. The van der Waals surface area contributed by atoms with E-state index < -0.39 is 0 Å². The highest BCUT2D eigenvalue weighted by molar-refractivity contribution is 5.27. The summed E-state index contributed by atoms with van der Waals surface area (Å²) in [5.74, 6) is 2.33. The van der Waals surface area contributed by atoms with Crippen molar-refractivity contribution < 1.29 is 9.47 Å². The van der Waals surface area contributed by atoms with E-state index in [-0.39, 0.29) is 0 Å². The van der Waals surface area contributed by atoms with E-state index in [4.69, 9.17) is 9.47 Å². The first-order chi connectivity index (χ1) is 9.33. The van der Waals surface area contributed by atoms with Gasteiger partial charge in [-0.1, -0.05) is 32.4 Å². The van der Waals surface area contributed by atoms with Crippen LogP contribution in [0.25, 0.3) is 0 Å². The second-order valence-corrected chi connectivity index (χ2v) is 5.52. The van der Waals surface area contributed by atoms with E-state index in [1.807, 2.05) is 0 Å². The average Bonchev–Trinajstić information content (AvgIpc) is 2.40. The van der Waals surface area contributed by atoms with Crippen molar-refractivity contribution >= 4 is 0 Å². The van der Waals surface area contributed by atoms with Gasteiger partial charge in [-0.3, -0.25) is 0 Å². The molecule has 2 rings (SSSR count). The van der Waals surface area contributed by atoms with Gasteiger partial charge >= 0.3 is 0 Å². The third-order valence-corrected chi connectivity index (χ3v) is 4.06. The fourth-order valence-electron chi connectivity index (χ4n) is 2.45. The van der Waals surface area contributed by atoms with Crippen molar-refractivity contribution in [2.45, 2.75) is 39.5 Å². The number of rotatable bonds is 8. The van der Waals surface area contributed by atoms with Gasteiger partial charge in [0, 0.05) is 5.92 Å². The molecule has 0 aliphatic carbocycles. The molecule has 1 atom stereocenters. The summed E-state index contributed by atoms with van der Waals surface area (Å²) in [5, 5.41) is 0. The molecule has 2 heteroatoms. The van der Waals surface area contributed by atoms with Crippen LogP contribution in [0.1, 0.15) is 38.7 Å². The van der Waals surface area contributed by atoms with Crippen LogP contribution in [0, 0.1) is 11.8 Å². The maximum Gasteiger partial charge on any atom is 0.119 e. The molecule has 0 N–H and O–H groups in total. The van der Waals surface area contributed by atoms with Gasteiger partial charge in [0.05, 0.1) is 19.8 Å². The van der Waals surface area contributed by atoms with Crippen molar-refractivity contribution in [1.29, 1.82) is 0 Å². The Labute approximate surface area is 117 Å². The monoisotopic (exact) mass is 262 g/mol. The summed E-state index contributed by atoms with van der Waals surface area (Å²) >= 11 is 0. The van der Waals surface area contributed by atoms with Gasteiger partial charge in [0.2, 0.25) is 0 Å². The number of ether oxygens (including phenoxy) is 2. The van der Waals surface area contributed by atoms with E-state index in [2.05, 4.69) is 38.1 Å². The molecule has 0 saturated carbocycles. The molecule has 1 saturated heterocycles. The van der Waals surface area contributed by atoms with Crippen molar-refractivity contribution in [2.24, 2.45) is 11.8 Å². The van der Waals surface area contributed by atoms with Crippen molar-refractivity contribution in [3.63, 3.8) is 0 Å². The fourth-order valence-corrected chi connectivity index (χ4v) is 2.45. The molecule has 0 aromatic heterocycles. The smallest absolute Gasteiger partial charge is 0.119 e. The molecule has 1 aromatic rings.